The summed E-state index contributed by atoms with van der Waals surface area (Å²) in [7, 11) is 2.20. The molecule has 3 nitrogen and oxygen atoms in total. The summed E-state index contributed by atoms with van der Waals surface area (Å²) in [5.41, 5.74) is 6.54. The first kappa shape index (κ1) is 19.4. The Labute approximate surface area is 186 Å². The molecule has 1 aromatic heterocycles. The van der Waals surface area contributed by atoms with E-state index in [4.69, 9.17) is 0 Å². The zero-order chi connectivity index (χ0) is 20.5. The molecule has 3 aromatic carbocycles. The fraction of sp³-hybridized carbons (Fsp3) is 0.231. The molecule has 0 saturated carbocycles. The standard InChI is InChI=1S/C26H26BrN3/c1-28-14-16-29(17-15-28)26-5-3-2-4-24(26)21-8-6-20(7-9-21)19-30-13-12-22-18-23(27)10-11-25(22)30/h2-13,18H,14-17,19H2,1H3. The summed E-state index contributed by atoms with van der Waals surface area (Å²) in [6.45, 7) is 5.29. The van der Waals surface area contributed by atoms with E-state index in [1.54, 1.807) is 0 Å². The number of halogens is 1. The van der Waals surface area contributed by atoms with E-state index in [0.29, 0.717) is 0 Å². The van der Waals surface area contributed by atoms with Crippen molar-refractivity contribution in [2.75, 3.05) is 38.1 Å². The van der Waals surface area contributed by atoms with E-state index < -0.39 is 0 Å². The molecule has 0 aliphatic carbocycles. The Morgan fingerprint density at radius 3 is 2.40 bits per heavy atom. The fourth-order valence-corrected chi connectivity index (χ4v) is 4.71. The summed E-state index contributed by atoms with van der Waals surface area (Å²) >= 11 is 3.56. The molecule has 0 N–H and O–H groups in total. The number of aromatic nitrogens is 1. The molecule has 0 amide bonds. The summed E-state index contributed by atoms with van der Waals surface area (Å²) in [5, 5.41) is 1.27. The number of fused-ring (bicyclic) bond motifs is 1. The van der Waals surface area contributed by atoms with Crippen LogP contribution in [-0.2, 0) is 6.54 Å². The van der Waals surface area contributed by atoms with Crippen molar-refractivity contribution in [3.63, 3.8) is 0 Å². The van der Waals surface area contributed by atoms with Gasteiger partial charge in [0.2, 0.25) is 0 Å². The third kappa shape index (κ3) is 3.90. The van der Waals surface area contributed by atoms with Crippen LogP contribution in [0.25, 0.3) is 22.0 Å². The van der Waals surface area contributed by atoms with Crippen LogP contribution in [0.3, 0.4) is 0 Å². The first-order valence-electron chi connectivity index (χ1n) is 10.5. The second-order valence-electron chi connectivity index (χ2n) is 8.15. The van der Waals surface area contributed by atoms with E-state index >= 15 is 0 Å². The zero-order valence-corrected chi connectivity index (χ0v) is 18.8. The maximum Gasteiger partial charge on any atom is 0.0484 e. The van der Waals surface area contributed by atoms with Crippen LogP contribution in [0.15, 0.2) is 83.5 Å². The van der Waals surface area contributed by atoms with E-state index in [1.165, 1.54) is 33.3 Å². The first-order valence-corrected chi connectivity index (χ1v) is 11.3. The van der Waals surface area contributed by atoms with Crippen molar-refractivity contribution in [2.45, 2.75) is 6.54 Å². The number of hydrogen-bond donors (Lipinski definition) is 0. The Morgan fingerprint density at radius 2 is 1.60 bits per heavy atom. The van der Waals surface area contributed by atoms with Crippen molar-refractivity contribution >= 4 is 32.5 Å². The molecule has 1 aliphatic heterocycles. The lowest BCUT2D eigenvalue weighted by Gasteiger charge is -2.35. The highest BCUT2D eigenvalue weighted by Crippen LogP contribution is 2.32. The number of nitrogens with zero attached hydrogens (tertiary/aromatic N) is 3. The van der Waals surface area contributed by atoms with Crippen LogP contribution < -0.4 is 4.90 Å². The van der Waals surface area contributed by atoms with Crippen LogP contribution in [0.2, 0.25) is 0 Å². The lowest BCUT2D eigenvalue weighted by molar-refractivity contribution is 0.313. The van der Waals surface area contributed by atoms with Gasteiger partial charge in [-0.15, -0.1) is 0 Å². The predicted molar refractivity (Wildman–Crippen MR) is 130 cm³/mol. The Bertz CT molecular complexity index is 1150. The third-order valence-electron chi connectivity index (χ3n) is 6.10. The maximum atomic E-state index is 3.56. The number of benzene rings is 3. The summed E-state index contributed by atoms with van der Waals surface area (Å²) in [6.07, 6.45) is 2.17. The molecule has 2 heterocycles. The van der Waals surface area contributed by atoms with Gasteiger partial charge in [-0.25, -0.2) is 0 Å². The van der Waals surface area contributed by atoms with E-state index in [1.807, 2.05) is 0 Å². The summed E-state index contributed by atoms with van der Waals surface area (Å²) < 4.78 is 3.44. The van der Waals surface area contributed by atoms with Gasteiger partial charge in [0.05, 0.1) is 0 Å². The highest BCUT2D eigenvalue weighted by atomic mass is 79.9. The van der Waals surface area contributed by atoms with Crippen LogP contribution in [0.5, 0.6) is 0 Å². The number of piperazine rings is 1. The van der Waals surface area contributed by atoms with Gasteiger partial charge in [0.25, 0.3) is 0 Å². The molecule has 0 atom stereocenters. The molecule has 4 aromatic rings. The summed E-state index contributed by atoms with van der Waals surface area (Å²) in [5.74, 6) is 0. The maximum absolute atomic E-state index is 3.56. The SMILES string of the molecule is CN1CCN(c2ccccc2-c2ccc(Cn3ccc4cc(Br)ccc43)cc2)CC1. The molecule has 0 unspecified atom stereocenters. The van der Waals surface area contributed by atoms with E-state index in [2.05, 4.69) is 116 Å². The van der Waals surface area contributed by atoms with Crippen LogP contribution in [0, 0.1) is 0 Å². The van der Waals surface area contributed by atoms with Crippen molar-refractivity contribution in [2.24, 2.45) is 0 Å². The Balaban J connectivity index is 1.39. The number of hydrogen-bond acceptors (Lipinski definition) is 2. The molecule has 4 heteroatoms. The molecular formula is C26H26BrN3. The molecular weight excluding hydrogens is 434 g/mol. The molecule has 1 aliphatic rings. The van der Waals surface area contributed by atoms with Crippen molar-refractivity contribution in [1.82, 2.24) is 9.47 Å². The van der Waals surface area contributed by atoms with Gasteiger partial charge < -0.3 is 14.4 Å². The zero-order valence-electron chi connectivity index (χ0n) is 17.3. The summed E-state index contributed by atoms with van der Waals surface area (Å²) in [6, 6.07) is 26.5. The highest BCUT2D eigenvalue weighted by molar-refractivity contribution is 9.10. The molecule has 0 spiro atoms. The van der Waals surface area contributed by atoms with Crippen molar-refractivity contribution < 1.29 is 0 Å². The molecule has 30 heavy (non-hydrogen) atoms. The van der Waals surface area contributed by atoms with Gasteiger partial charge in [0, 0.05) is 65.5 Å². The number of likely N-dealkylation sites (N-methyl/N-ethyl adjacent to an activating group) is 1. The van der Waals surface area contributed by atoms with Gasteiger partial charge in [0.15, 0.2) is 0 Å². The average molecular weight is 460 g/mol. The van der Waals surface area contributed by atoms with Gasteiger partial charge in [-0.3, -0.25) is 0 Å². The molecule has 1 saturated heterocycles. The van der Waals surface area contributed by atoms with Gasteiger partial charge in [-0.05, 0) is 48.5 Å². The lowest BCUT2D eigenvalue weighted by atomic mass is 10.0. The minimum absolute atomic E-state index is 0.880. The first-order chi connectivity index (χ1) is 14.7. The second-order valence-corrected chi connectivity index (χ2v) is 9.07. The van der Waals surface area contributed by atoms with E-state index in [9.17, 15) is 0 Å². The van der Waals surface area contributed by atoms with Crippen molar-refractivity contribution in [3.05, 3.63) is 89.0 Å². The topological polar surface area (TPSA) is 11.4 Å². The average Bonchev–Trinajstić information content (AvgIpc) is 3.16. The smallest absolute Gasteiger partial charge is 0.0484 e. The van der Waals surface area contributed by atoms with Crippen LogP contribution in [0.1, 0.15) is 5.56 Å². The van der Waals surface area contributed by atoms with Gasteiger partial charge >= 0.3 is 0 Å². The van der Waals surface area contributed by atoms with Crippen LogP contribution >= 0.6 is 15.9 Å². The number of anilines is 1. The lowest BCUT2D eigenvalue weighted by Crippen LogP contribution is -2.44. The van der Waals surface area contributed by atoms with Gasteiger partial charge in [-0.2, -0.15) is 0 Å². The van der Waals surface area contributed by atoms with Crippen molar-refractivity contribution in [3.8, 4) is 11.1 Å². The largest absolute Gasteiger partial charge is 0.368 e. The van der Waals surface area contributed by atoms with Crippen molar-refractivity contribution in [1.29, 1.82) is 0 Å². The second kappa shape index (κ2) is 8.29. The molecule has 0 radical (unpaired) electrons. The number of para-hydroxylation sites is 1. The van der Waals surface area contributed by atoms with Gasteiger partial charge in [-0.1, -0.05) is 58.4 Å². The molecule has 0 bridgehead atoms. The molecule has 1 fully saturated rings. The fourth-order valence-electron chi connectivity index (χ4n) is 4.34. The summed E-state index contributed by atoms with van der Waals surface area (Å²) in [4.78, 5) is 4.92. The Morgan fingerprint density at radius 1 is 0.833 bits per heavy atom. The number of rotatable bonds is 4. The normalized spacial score (nSPS) is 15.1. The predicted octanol–water partition coefficient (Wildman–Crippen LogP) is 5.87. The minimum Gasteiger partial charge on any atom is -0.368 e. The minimum atomic E-state index is 0.880. The van der Waals surface area contributed by atoms with Crippen LogP contribution in [-0.4, -0.2) is 42.7 Å². The van der Waals surface area contributed by atoms with Crippen LogP contribution in [0.4, 0.5) is 5.69 Å². The Hall–Kier alpha value is -2.56. The quantitative estimate of drug-likeness (QED) is 0.377. The third-order valence-corrected chi connectivity index (χ3v) is 6.59. The van der Waals surface area contributed by atoms with E-state index in [-0.39, 0.29) is 0 Å². The van der Waals surface area contributed by atoms with Gasteiger partial charge in [0.1, 0.15) is 0 Å². The molecule has 5 rings (SSSR count). The Kier molecular flexibility index (Phi) is 5.36. The van der Waals surface area contributed by atoms with E-state index in [0.717, 1.165) is 37.2 Å². The molecule has 152 valence electrons. The monoisotopic (exact) mass is 459 g/mol. The highest BCUT2D eigenvalue weighted by Gasteiger charge is 2.17.